The molecule has 0 spiro atoms. The molecule has 0 unspecified atom stereocenters. The molecule has 0 aromatic heterocycles. The fourth-order valence-corrected chi connectivity index (χ4v) is 2.30. The van der Waals surface area contributed by atoms with Crippen molar-refractivity contribution in [3.63, 3.8) is 0 Å². The molecule has 1 aliphatic heterocycles. The second-order valence-electron chi connectivity index (χ2n) is 5.43. The molecule has 26 heavy (non-hydrogen) atoms. The van der Waals surface area contributed by atoms with Crippen LogP contribution in [0.15, 0.2) is 59.2 Å². The van der Waals surface area contributed by atoms with E-state index in [1.807, 2.05) is 0 Å². The van der Waals surface area contributed by atoms with Crippen molar-refractivity contribution in [3.05, 3.63) is 65.4 Å². The van der Waals surface area contributed by atoms with Gasteiger partial charge in [0, 0.05) is 17.5 Å². The van der Waals surface area contributed by atoms with Crippen LogP contribution in [-0.2, 0) is 14.3 Å². The Morgan fingerprint density at radius 2 is 1.88 bits per heavy atom. The van der Waals surface area contributed by atoms with Gasteiger partial charge in [0.15, 0.2) is 5.70 Å². The molecule has 0 radical (unpaired) electrons. The first-order valence-corrected chi connectivity index (χ1v) is 8.07. The molecule has 6 nitrogen and oxygen atoms in total. The lowest BCUT2D eigenvalue weighted by atomic mass is 10.1. The van der Waals surface area contributed by atoms with Gasteiger partial charge < -0.3 is 14.2 Å². The van der Waals surface area contributed by atoms with Crippen molar-refractivity contribution in [2.45, 2.75) is 13.3 Å². The average Bonchev–Trinajstić information content (AvgIpc) is 3.03. The first kappa shape index (κ1) is 17.4. The molecule has 0 aliphatic carbocycles. The minimum absolute atomic E-state index is 0.135. The lowest BCUT2D eigenvalue weighted by Gasteiger charge is -2.06. The highest BCUT2D eigenvalue weighted by atomic mass is 16.6. The maximum absolute atomic E-state index is 12.1. The Balaban J connectivity index is 1.90. The van der Waals surface area contributed by atoms with Gasteiger partial charge in [0.05, 0.1) is 7.11 Å². The van der Waals surface area contributed by atoms with Crippen molar-refractivity contribution in [1.29, 1.82) is 0 Å². The third kappa shape index (κ3) is 3.80. The molecule has 132 valence electrons. The van der Waals surface area contributed by atoms with Crippen LogP contribution < -0.4 is 9.47 Å². The van der Waals surface area contributed by atoms with Gasteiger partial charge in [0.25, 0.3) is 0 Å². The molecule has 0 saturated heterocycles. The number of esters is 2. The van der Waals surface area contributed by atoms with E-state index < -0.39 is 5.97 Å². The largest absolute Gasteiger partial charge is 0.497 e. The standard InChI is InChI=1S/C20H17NO5/c1-3-18(22)25-17-7-5-4-6-14(17)12-16-20(23)26-19(21-16)13-8-10-15(24-2)11-9-13/h4-12H,3H2,1-2H3/b16-12-. The van der Waals surface area contributed by atoms with E-state index in [1.165, 1.54) is 6.08 Å². The first-order chi connectivity index (χ1) is 12.6. The van der Waals surface area contributed by atoms with Crippen molar-refractivity contribution in [2.75, 3.05) is 7.11 Å². The normalized spacial score (nSPS) is 14.8. The number of hydrogen-bond donors (Lipinski definition) is 0. The number of methoxy groups -OCH3 is 1. The molecule has 0 saturated carbocycles. The van der Waals surface area contributed by atoms with E-state index in [2.05, 4.69) is 4.99 Å². The Morgan fingerprint density at radius 1 is 1.15 bits per heavy atom. The number of hydrogen-bond acceptors (Lipinski definition) is 6. The molecule has 0 fully saturated rings. The fourth-order valence-electron chi connectivity index (χ4n) is 2.30. The summed E-state index contributed by atoms with van der Waals surface area (Å²) >= 11 is 0. The number of para-hydroxylation sites is 1. The van der Waals surface area contributed by atoms with E-state index in [-0.39, 0.29) is 24.0 Å². The van der Waals surface area contributed by atoms with Crippen LogP contribution in [0.3, 0.4) is 0 Å². The quantitative estimate of drug-likeness (QED) is 0.469. The maximum atomic E-state index is 12.1. The molecule has 3 rings (SSSR count). The number of cyclic esters (lactones) is 1. The highest BCUT2D eigenvalue weighted by Gasteiger charge is 2.24. The van der Waals surface area contributed by atoms with Crippen LogP contribution in [-0.4, -0.2) is 24.9 Å². The van der Waals surface area contributed by atoms with Crippen molar-refractivity contribution in [3.8, 4) is 11.5 Å². The molecular formula is C20H17NO5. The minimum atomic E-state index is -0.563. The smallest absolute Gasteiger partial charge is 0.363 e. The summed E-state index contributed by atoms with van der Waals surface area (Å²) < 4.78 is 15.6. The summed E-state index contributed by atoms with van der Waals surface area (Å²) in [5.41, 5.74) is 1.37. The summed E-state index contributed by atoms with van der Waals surface area (Å²) in [5, 5.41) is 0. The predicted molar refractivity (Wildman–Crippen MR) is 96.0 cm³/mol. The summed E-state index contributed by atoms with van der Waals surface area (Å²) in [5.74, 6) is 0.362. The van der Waals surface area contributed by atoms with E-state index in [1.54, 1.807) is 62.6 Å². The Hall–Kier alpha value is -3.41. The molecule has 1 aliphatic rings. The lowest BCUT2D eigenvalue weighted by molar-refractivity contribution is -0.134. The van der Waals surface area contributed by atoms with E-state index >= 15 is 0 Å². The molecule has 2 aromatic carbocycles. The zero-order valence-corrected chi connectivity index (χ0v) is 14.4. The summed E-state index contributed by atoms with van der Waals surface area (Å²) in [6, 6.07) is 14.0. The molecule has 2 aromatic rings. The zero-order valence-electron chi connectivity index (χ0n) is 14.4. The summed E-state index contributed by atoms with van der Waals surface area (Å²) in [6.45, 7) is 1.71. The van der Waals surface area contributed by atoms with Gasteiger partial charge in [0.2, 0.25) is 5.90 Å². The third-order valence-electron chi connectivity index (χ3n) is 3.68. The monoisotopic (exact) mass is 351 g/mol. The van der Waals surface area contributed by atoms with Gasteiger partial charge in [-0.2, -0.15) is 0 Å². The zero-order chi connectivity index (χ0) is 18.5. The van der Waals surface area contributed by atoms with Crippen LogP contribution in [0.5, 0.6) is 11.5 Å². The van der Waals surface area contributed by atoms with Crippen molar-refractivity contribution in [2.24, 2.45) is 4.99 Å². The average molecular weight is 351 g/mol. The van der Waals surface area contributed by atoms with Crippen molar-refractivity contribution >= 4 is 23.9 Å². The molecular weight excluding hydrogens is 334 g/mol. The Bertz CT molecular complexity index is 897. The number of aliphatic imine (C=N–C) groups is 1. The molecule has 6 heteroatoms. The van der Waals surface area contributed by atoms with Crippen molar-refractivity contribution in [1.82, 2.24) is 0 Å². The van der Waals surface area contributed by atoms with Crippen LogP contribution in [0.4, 0.5) is 0 Å². The van der Waals surface area contributed by atoms with Crippen LogP contribution in [0, 0.1) is 0 Å². The minimum Gasteiger partial charge on any atom is -0.497 e. The number of rotatable bonds is 5. The van der Waals surface area contributed by atoms with Crippen molar-refractivity contribution < 1.29 is 23.8 Å². The maximum Gasteiger partial charge on any atom is 0.363 e. The van der Waals surface area contributed by atoms with Crippen LogP contribution in [0.25, 0.3) is 6.08 Å². The van der Waals surface area contributed by atoms with Gasteiger partial charge in [-0.1, -0.05) is 25.1 Å². The molecule has 1 heterocycles. The predicted octanol–water partition coefficient (Wildman–Crippen LogP) is 3.36. The molecule has 0 atom stereocenters. The second kappa shape index (κ2) is 7.65. The lowest BCUT2D eigenvalue weighted by Crippen LogP contribution is -2.07. The second-order valence-corrected chi connectivity index (χ2v) is 5.43. The Morgan fingerprint density at radius 3 is 2.58 bits per heavy atom. The van der Waals surface area contributed by atoms with Gasteiger partial charge in [-0.05, 0) is 36.4 Å². The van der Waals surface area contributed by atoms with Crippen LogP contribution in [0.2, 0.25) is 0 Å². The Labute approximate surface area is 150 Å². The molecule has 0 N–H and O–H groups in total. The number of ether oxygens (including phenoxy) is 3. The molecule has 0 amide bonds. The van der Waals surface area contributed by atoms with Gasteiger partial charge >= 0.3 is 11.9 Å². The summed E-state index contributed by atoms with van der Waals surface area (Å²) in [6.07, 6.45) is 1.80. The topological polar surface area (TPSA) is 74.2 Å². The molecule has 0 bridgehead atoms. The van der Waals surface area contributed by atoms with E-state index in [9.17, 15) is 9.59 Å². The van der Waals surface area contributed by atoms with Gasteiger partial charge in [-0.15, -0.1) is 0 Å². The highest BCUT2D eigenvalue weighted by molar-refractivity contribution is 6.13. The van der Waals surface area contributed by atoms with Gasteiger partial charge in [0.1, 0.15) is 11.5 Å². The first-order valence-electron chi connectivity index (χ1n) is 8.07. The number of nitrogens with zero attached hydrogens (tertiary/aromatic N) is 1. The third-order valence-corrected chi connectivity index (χ3v) is 3.68. The van der Waals surface area contributed by atoms with E-state index in [0.29, 0.717) is 22.6 Å². The van der Waals surface area contributed by atoms with Crippen LogP contribution in [0.1, 0.15) is 24.5 Å². The number of benzene rings is 2. The summed E-state index contributed by atoms with van der Waals surface area (Å²) in [7, 11) is 1.58. The summed E-state index contributed by atoms with van der Waals surface area (Å²) in [4.78, 5) is 27.9. The highest BCUT2D eigenvalue weighted by Crippen LogP contribution is 2.25. The Kier molecular flexibility index (Phi) is 5.12. The van der Waals surface area contributed by atoms with Gasteiger partial charge in [-0.25, -0.2) is 9.79 Å². The van der Waals surface area contributed by atoms with Crippen LogP contribution >= 0.6 is 0 Å². The fraction of sp³-hybridized carbons (Fsp3) is 0.150. The van der Waals surface area contributed by atoms with E-state index in [4.69, 9.17) is 14.2 Å². The van der Waals surface area contributed by atoms with E-state index in [0.717, 1.165) is 0 Å². The van der Waals surface area contributed by atoms with Gasteiger partial charge in [-0.3, -0.25) is 4.79 Å². The number of carbonyl (C=O) groups excluding carboxylic acids is 2. The SMILES string of the molecule is CCC(=O)Oc1ccccc1/C=C1\N=C(c2ccc(OC)cc2)OC1=O. The number of carbonyl (C=O) groups is 2.